The van der Waals surface area contributed by atoms with Crippen LogP contribution in [0.15, 0.2) is 11.6 Å². The van der Waals surface area contributed by atoms with Gasteiger partial charge in [0.1, 0.15) is 0 Å². The first-order valence-electron chi connectivity index (χ1n) is 12.9. The summed E-state index contributed by atoms with van der Waals surface area (Å²) in [4.78, 5) is 13.2. The molecule has 31 heavy (non-hydrogen) atoms. The molecule has 174 valence electrons. The summed E-state index contributed by atoms with van der Waals surface area (Å²) in [5.74, 6) is 2.53. The lowest BCUT2D eigenvalue weighted by Gasteiger charge is -2.57. The van der Waals surface area contributed by atoms with Crippen LogP contribution < -0.4 is 0 Å². The summed E-state index contributed by atoms with van der Waals surface area (Å²) in [6.07, 6.45) is 10.6. The molecular weight excluding hydrogens is 388 g/mol. The standard InChI is InChI=1S/C27H42O4/c1-15-5-8-24(31-25(15)30)16(2)19-6-7-20-18-14-23(29)22-13-17(28)9-11-27(22,4)21(18)10-12-26(19,20)3/h14-17,19-22,24-25,28,30H,5-13H2,1-4H3/t15?,16-,17-,19+,20-,21-,22-,24?,25?,26+,27+/m0/s1. The monoisotopic (exact) mass is 430 g/mol. The first-order chi connectivity index (χ1) is 14.6. The number of aliphatic hydroxyl groups is 2. The van der Waals surface area contributed by atoms with Crippen LogP contribution in [-0.4, -0.2) is 34.5 Å². The molecule has 3 saturated carbocycles. The maximum Gasteiger partial charge on any atom is 0.159 e. The molecule has 5 aliphatic rings. The second kappa shape index (κ2) is 7.67. The molecule has 1 heterocycles. The Bertz CT molecular complexity index is 760. The molecule has 2 N–H and O–H groups in total. The predicted molar refractivity (Wildman–Crippen MR) is 120 cm³/mol. The summed E-state index contributed by atoms with van der Waals surface area (Å²) >= 11 is 0. The quantitative estimate of drug-likeness (QED) is 0.656. The molecule has 0 aromatic carbocycles. The Morgan fingerprint density at radius 2 is 1.68 bits per heavy atom. The highest BCUT2D eigenvalue weighted by atomic mass is 16.6. The van der Waals surface area contributed by atoms with Crippen LogP contribution in [-0.2, 0) is 9.53 Å². The van der Waals surface area contributed by atoms with Gasteiger partial charge < -0.3 is 14.9 Å². The van der Waals surface area contributed by atoms with E-state index in [1.54, 1.807) is 0 Å². The van der Waals surface area contributed by atoms with Crippen molar-refractivity contribution < 1.29 is 19.7 Å². The molecule has 4 heteroatoms. The van der Waals surface area contributed by atoms with E-state index in [0.717, 1.165) is 25.7 Å². The van der Waals surface area contributed by atoms with Crippen LogP contribution in [0, 0.1) is 46.3 Å². The minimum absolute atomic E-state index is 0.00426. The molecule has 0 bridgehead atoms. The molecule has 0 radical (unpaired) electrons. The molecule has 4 nitrogen and oxygen atoms in total. The number of allylic oxidation sites excluding steroid dienone is 2. The molecule has 0 amide bonds. The van der Waals surface area contributed by atoms with E-state index < -0.39 is 6.29 Å². The number of aliphatic hydroxyl groups excluding tert-OH is 2. The molecule has 0 aromatic heterocycles. The fraction of sp³-hybridized carbons (Fsp3) is 0.889. The highest BCUT2D eigenvalue weighted by Gasteiger charge is 2.60. The predicted octanol–water partition coefficient (Wildman–Crippen LogP) is 4.87. The second-order valence-corrected chi connectivity index (χ2v) is 12.3. The van der Waals surface area contributed by atoms with E-state index in [2.05, 4.69) is 27.7 Å². The summed E-state index contributed by atoms with van der Waals surface area (Å²) in [6, 6.07) is 0. The summed E-state index contributed by atoms with van der Waals surface area (Å²) in [6.45, 7) is 9.24. The first-order valence-corrected chi connectivity index (χ1v) is 12.9. The molecule has 1 aliphatic heterocycles. The Hall–Kier alpha value is -0.710. The molecule has 3 unspecified atom stereocenters. The minimum atomic E-state index is -0.626. The summed E-state index contributed by atoms with van der Waals surface area (Å²) in [5.41, 5.74) is 1.69. The van der Waals surface area contributed by atoms with E-state index in [9.17, 15) is 15.0 Å². The first kappa shape index (κ1) is 22.1. The number of carbonyl (C=O) groups excluding carboxylic acids is 1. The third-order valence-corrected chi connectivity index (χ3v) is 10.9. The van der Waals surface area contributed by atoms with Gasteiger partial charge in [-0.2, -0.15) is 0 Å². The van der Waals surface area contributed by atoms with Crippen LogP contribution in [0.25, 0.3) is 0 Å². The average molecular weight is 431 g/mol. The fourth-order valence-corrected chi connectivity index (χ4v) is 8.84. The molecule has 11 atom stereocenters. The number of rotatable bonds is 2. The van der Waals surface area contributed by atoms with E-state index in [1.807, 2.05) is 6.08 Å². The lowest BCUT2D eigenvalue weighted by Crippen LogP contribution is -2.53. The molecule has 4 aliphatic carbocycles. The number of carbonyl (C=O) groups is 1. The lowest BCUT2D eigenvalue weighted by molar-refractivity contribution is -0.209. The van der Waals surface area contributed by atoms with Crippen LogP contribution in [0.2, 0.25) is 0 Å². The van der Waals surface area contributed by atoms with Gasteiger partial charge in [0, 0.05) is 11.8 Å². The summed E-state index contributed by atoms with van der Waals surface area (Å²) < 4.78 is 6.08. The summed E-state index contributed by atoms with van der Waals surface area (Å²) in [7, 11) is 0. The van der Waals surface area contributed by atoms with Gasteiger partial charge in [-0.25, -0.2) is 0 Å². The molecule has 0 spiro atoms. The fourth-order valence-electron chi connectivity index (χ4n) is 8.84. The zero-order chi connectivity index (χ0) is 22.1. The van der Waals surface area contributed by atoms with E-state index in [-0.39, 0.29) is 40.7 Å². The van der Waals surface area contributed by atoms with Crippen molar-refractivity contribution in [3.8, 4) is 0 Å². The highest BCUT2D eigenvalue weighted by molar-refractivity contribution is 5.94. The van der Waals surface area contributed by atoms with Crippen LogP contribution in [0.3, 0.4) is 0 Å². The van der Waals surface area contributed by atoms with Crippen molar-refractivity contribution in [1.82, 2.24) is 0 Å². The van der Waals surface area contributed by atoms with E-state index >= 15 is 0 Å². The average Bonchev–Trinajstić information content (AvgIpc) is 3.08. The highest BCUT2D eigenvalue weighted by Crippen LogP contribution is 2.66. The number of ketones is 1. The van der Waals surface area contributed by atoms with Crippen LogP contribution in [0.4, 0.5) is 0 Å². The van der Waals surface area contributed by atoms with Crippen LogP contribution in [0.5, 0.6) is 0 Å². The molecule has 1 saturated heterocycles. The van der Waals surface area contributed by atoms with Crippen molar-refractivity contribution >= 4 is 5.78 Å². The Morgan fingerprint density at radius 3 is 2.42 bits per heavy atom. The molecule has 4 fully saturated rings. The maximum absolute atomic E-state index is 13.2. The Labute approximate surface area is 187 Å². The molecule has 5 rings (SSSR count). The van der Waals surface area contributed by atoms with Crippen molar-refractivity contribution in [2.45, 2.75) is 104 Å². The maximum atomic E-state index is 13.2. The SMILES string of the molecule is CC1CCC([C@@H](C)[C@H]2CC[C@H]3C4=CC(=O)[C@@H]5C[C@@H](O)CC[C@]5(C)[C@H]4CC[C@]23C)OC1O. The third kappa shape index (κ3) is 3.30. The van der Waals surface area contributed by atoms with Gasteiger partial charge in [0.25, 0.3) is 0 Å². The van der Waals surface area contributed by atoms with Gasteiger partial charge in [0.05, 0.1) is 12.2 Å². The van der Waals surface area contributed by atoms with E-state index in [4.69, 9.17) is 4.74 Å². The van der Waals surface area contributed by atoms with Crippen molar-refractivity contribution in [3.63, 3.8) is 0 Å². The second-order valence-electron chi connectivity index (χ2n) is 12.3. The summed E-state index contributed by atoms with van der Waals surface area (Å²) in [5, 5.41) is 20.5. The van der Waals surface area contributed by atoms with Gasteiger partial charge in [0.2, 0.25) is 0 Å². The zero-order valence-corrected chi connectivity index (χ0v) is 19.8. The van der Waals surface area contributed by atoms with E-state index in [0.29, 0.717) is 30.1 Å². The number of hydrogen-bond acceptors (Lipinski definition) is 4. The largest absolute Gasteiger partial charge is 0.393 e. The van der Waals surface area contributed by atoms with Gasteiger partial charge in [-0.15, -0.1) is 0 Å². The Kier molecular flexibility index (Phi) is 5.47. The number of hydrogen-bond donors (Lipinski definition) is 2. The van der Waals surface area contributed by atoms with Crippen LogP contribution in [0.1, 0.15) is 85.5 Å². The van der Waals surface area contributed by atoms with Crippen molar-refractivity contribution in [2.75, 3.05) is 0 Å². The smallest absolute Gasteiger partial charge is 0.159 e. The Morgan fingerprint density at radius 1 is 0.968 bits per heavy atom. The minimum Gasteiger partial charge on any atom is -0.393 e. The van der Waals surface area contributed by atoms with Crippen molar-refractivity contribution in [2.24, 2.45) is 46.3 Å². The number of fused-ring (bicyclic) bond motifs is 5. The van der Waals surface area contributed by atoms with Gasteiger partial charge in [0.15, 0.2) is 12.1 Å². The molecule has 0 aromatic rings. The lowest BCUT2D eigenvalue weighted by atomic mass is 9.47. The van der Waals surface area contributed by atoms with Gasteiger partial charge in [-0.05, 0) is 98.4 Å². The van der Waals surface area contributed by atoms with Gasteiger partial charge in [-0.3, -0.25) is 4.79 Å². The number of ether oxygens (including phenoxy) is 1. The normalized spacial score (nSPS) is 53.2. The topological polar surface area (TPSA) is 66.8 Å². The van der Waals surface area contributed by atoms with E-state index in [1.165, 1.54) is 31.3 Å². The van der Waals surface area contributed by atoms with Crippen molar-refractivity contribution in [3.05, 3.63) is 11.6 Å². The van der Waals surface area contributed by atoms with Crippen molar-refractivity contribution in [1.29, 1.82) is 0 Å². The zero-order valence-electron chi connectivity index (χ0n) is 19.8. The van der Waals surface area contributed by atoms with Gasteiger partial charge in [-0.1, -0.05) is 33.3 Å². The van der Waals surface area contributed by atoms with Crippen LogP contribution >= 0.6 is 0 Å². The molecular formula is C27H42O4. The van der Waals surface area contributed by atoms with Gasteiger partial charge >= 0.3 is 0 Å². The third-order valence-electron chi connectivity index (χ3n) is 10.9. The Balaban J connectivity index is 1.40.